The number of carbonyl (C=O) groups excluding carboxylic acids is 2. The molecule has 0 aromatic heterocycles. The molecule has 3 nitrogen and oxygen atoms in total. The number of ketones is 1. The Labute approximate surface area is 124 Å². The predicted molar refractivity (Wildman–Crippen MR) is 82.5 cm³/mol. The van der Waals surface area contributed by atoms with Crippen LogP contribution in [-0.2, 0) is 4.79 Å². The Morgan fingerprint density at radius 2 is 1.86 bits per heavy atom. The van der Waals surface area contributed by atoms with Crippen molar-refractivity contribution in [1.82, 2.24) is 0 Å². The van der Waals surface area contributed by atoms with Gasteiger partial charge in [0.2, 0.25) is 5.91 Å². The largest absolute Gasteiger partial charge is 0.304 e. The van der Waals surface area contributed by atoms with E-state index in [1.807, 2.05) is 55.5 Å². The number of anilines is 1. The summed E-state index contributed by atoms with van der Waals surface area (Å²) in [6, 6.07) is 15.2. The minimum atomic E-state index is -0.217. The third kappa shape index (κ3) is 2.35. The van der Waals surface area contributed by atoms with Gasteiger partial charge in [-0.25, -0.2) is 0 Å². The van der Waals surface area contributed by atoms with E-state index in [1.54, 1.807) is 11.8 Å². The van der Waals surface area contributed by atoms with Crippen LogP contribution in [0.25, 0.3) is 0 Å². The lowest BCUT2D eigenvalue weighted by molar-refractivity contribution is -0.117. The van der Waals surface area contributed by atoms with Gasteiger partial charge in [-0.15, -0.1) is 0 Å². The topological polar surface area (TPSA) is 37.4 Å². The van der Waals surface area contributed by atoms with Gasteiger partial charge in [-0.2, -0.15) is 0 Å². The molecule has 21 heavy (non-hydrogen) atoms. The summed E-state index contributed by atoms with van der Waals surface area (Å²) < 4.78 is 0. The minimum absolute atomic E-state index is 0.0387. The van der Waals surface area contributed by atoms with Crippen LogP contribution >= 0.6 is 0 Å². The Balaban J connectivity index is 2.16. The van der Waals surface area contributed by atoms with E-state index in [9.17, 15) is 9.59 Å². The van der Waals surface area contributed by atoms with Crippen LogP contribution in [-0.4, -0.2) is 11.7 Å². The molecule has 0 N–H and O–H groups in total. The average Bonchev–Trinajstić information content (AvgIpc) is 2.47. The lowest BCUT2D eigenvalue weighted by Gasteiger charge is -2.36. The fourth-order valence-corrected chi connectivity index (χ4v) is 2.95. The fourth-order valence-electron chi connectivity index (χ4n) is 2.95. The molecule has 1 unspecified atom stereocenters. The number of carbonyl (C=O) groups is 2. The Kier molecular flexibility index (Phi) is 3.34. The molecule has 3 heteroatoms. The first kappa shape index (κ1) is 13.6. The van der Waals surface area contributed by atoms with E-state index >= 15 is 0 Å². The van der Waals surface area contributed by atoms with Gasteiger partial charge < -0.3 is 4.90 Å². The highest BCUT2D eigenvalue weighted by Gasteiger charge is 2.34. The maximum absolute atomic E-state index is 12.4. The smallest absolute Gasteiger partial charge is 0.224 e. The van der Waals surface area contributed by atoms with Crippen LogP contribution in [0.5, 0.6) is 0 Å². The molecule has 0 fully saturated rings. The second-order valence-corrected chi connectivity index (χ2v) is 5.46. The molecule has 1 amide bonds. The molecule has 2 aromatic carbocycles. The van der Waals surface area contributed by atoms with Crippen molar-refractivity contribution in [3.05, 3.63) is 65.2 Å². The lowest BCUT2D eigenvalue weighted by Crippen LogP contribution is -2.39. The third-order valence-electron chi connectivity index (χ3n) is 3.93. The molecule has 1 aliphatic rings. The van der Waals surface area contributed by atoms with E-state index in [-0.39, 0.29) is 17.7 Å². The summed E-state index contributed by atoms with van der Waals surface area (Å²) in [6.07, 6.45) is 0.333. The van der Waals surface area contributed by atoms with Crippen LogP contribution in [0.3, 0.4) is 0 Å². The Morgan fingerprint density at radius 3 is 2.52 bits per heavy atom. The van der Waals surface area contributed by atoms with Crippen LogP contribution in [0, 0.1) is 6.92 Å². The second kappa shape index (κ2) is 5.17. The van der Waals surface area contributed by atoms with E-state index in [1.165, 1.54) is 0 Å². The van der Waals surface area contributed by atoms with Gasteiger partial charge in [0.05, 0.1) is 11.7 Å². The Morgan fingerprint density at radius 1 is 1.14 bits per heavy atom. The maximum atomic E-state index is 12.4. The lowest BCUT2D eigenvalue weighted by atomic mass is 9.89. The first-order valence-electron chi connectivity index (χ1n) is 7.06. The molecular formula is C18H17NO2. The Hall–Kier alpha value is -2.42. The Bertz CT molecular complexity index is 706. The third-order valence-corrected chi connectivity index (χ3v) is 3.93. The zero-order chi connectivity index (χ0) is 15.0. The number of aryl methyl sites for hydroxylation is 1. The van der Waals surface area contributed by atoms with Gasteiger partial charge in [0.15, 0.2) is 5.78 Å². The summed E-state index contributed by atoms with van der Waals surface area (Å²) in [5, 5.41) is 0. The number of benzene rings is 2. The van der Waals surface area contributed by atoms with Crippen LogP contribution in [0.2, 0.25) is 0 Å². The number of amides is 1. The van der Waals surface area contributed by atoms with Gasteiger partial charge in [-0.1, -0.05) is 36.4 Å². The normalized spacial score (nSPS) is 17.5. The molecule has 2 aromatic rings. The van der Waals surface area contributed by atoms with Crippen molar-refractivity contribution < 1.29 is 9.59 Å². The number of rotatable bonds is 1. The fraction of sp³-hybridized carbons (Fsp3) is 0.222. The van der Waals surface area contributed by atoms with Crippen molar-refractivity contribution in [2.75, 3.05) is 4.90 Å². The molecule has 0 saturated carbocycles. The predicted octanol–water partition coefficient (Wildman–Crippen LogP) is 3.68. The number of Topliss-reactive ketones (excluding diaryl/α,β-unsaturated/α-hetero) is 1. The van der Waals surface area contributed by atoms with E-state index < -0.39 is 0 Å². The van der Waals surface area contributed by atoms with E-state index in [0.717, 1.165) is 16.8 Å². The van der Waals surface area contributed by atoms with Crippen molar-refractivity contribution in [2.45, 2.75) is 26.3 Å². The second-order valence-electron chi connectivity index (χ2n) is 5.46. The van der Waals surface area contributed by atoms with Crippen molar-refractivity contribution in [1.29, 1.82) is 0 Å². The van der Waals surface area contributed by atoms with Crippen LogP contribution < -0.4 is 4.90 Å². The molecule has 106 valence electrons. The van der Waals surface area contributed by atoms with Gasteiger partial charge in [0, 0.05) is 18.9 Å². The van der Waals surface area contributed by atoms with E-state index in [0.29, 0.717) is 12.0 Å². The zero-order valence-electron chi connectivity index (χ0n) is 12.2. The molecule has 0 bridgehead atoms. The quantitative estimate of drug-likeness (QED) is 0.798. The molecule has 0 spiro atoms. The van der Waals surface area contributed by atoms with Gasteiger partial charge in [0.1, 0.15) is 0 Å². The molecule has 0 radical (unpaired) electrons. The van der Waals surface area contributed by atoms with Crippen LogP contribution in [0.4, 0.5) is 5.69 Å². The van der Waals surface area contributed by atoms with Crippen molar-refractivity contribution in [3.63, 3.8) is 0 Å². The molecule has 1 heterocycles. The summed E-state index contributed by atoms with van der Waals surface area (Å²) in [7, 11) is 0. The summed E-state index contributed by atoms with van der Waals surface area (Å²) in [5.74, 6) is 0.0551. The van der Waals surface area contributed by atoms with Crippen molar-refractivity contribution >= 4 is 17.4 Å². The molecule has 0 saturated heterocycles. The highest BCUT2D eigenvalue weighted by atomic mass is 16.2. The SMILES string of the molecule is CC(=O)N1c2cc(C)ccc2C(=O)CC1c1ccccc1. The highest BCUT2D eigenvalue weighted by Crippen LogP contribution is 2.38. The van der Waals surface area contributed by atoms with Gasteiger partial charge in [-0.05, 0) is 30.2 Å². The van der Waals surface area contributed by atoms with Gasteiger partial charge in [0.25, 0.3) is 0 Å². The zero-order valence-corrected chi connectivity index (χ0v) is 12.2. The number of hydrogen-bond donors (Lipinski definition) is 0. The van der Waals surface area contributed by atoms with Crippen LogP contribution in [0.1, 0.15) is 40.9 Å². The summed E-state index contributed by atoms with van der Waals surface area (Å²) in [4.78, 5) is 26.3. The maximum Gasteiger partial charge on any atom is 0.224 e. The molecule has 0 aliphatic carbocycles. The first-order valence-corrected chi connectivity index (χ1v) is 7.06. The van der Waals surface area contributed by atoms with E-state index in [4.69, 9.17) is 0 Å². The first-order chi connectivity index (χ1) is 10.1. The van der Waals surface area contributed by atoms with Gasteiger partial charge >= 0.3 is 0 Å². The minimum Gasteiger partial charge on any atom is -0.304 e. The van der Waals surface area contributed by atoms with Crippen LogP contribution in [0.15, 0.2) is 48.5 Å². The summed E-state index contributed by atoms with van der Waals surface area (Å²) in [6.45, 7) is 3.52. The molecule has 1 atom stereocenters. The summed E-state index contributed by atoms with van der Waals surface area (Å²) in [5.41, 5.74) is 3.41. The monoisotopic (exact) mass is 279 g/mol. The molecular weight excluding hydrogens is 262 g/mol. The average molecular weight is 279 g/mol. The number of nitrogens with zero attached hydrogens (tertiary/aromatic N) is 1. The van der Waals surface area contributed by atoms with E-state index in [2.05, 4.69) is 0 Å². The molecule has 1 aliphatic heterocycles. The van der Waals surface area contributed by atoms with Crippen molar-refractivity contribution in [2.24, 2.45) is 0 Å². The summed E-state index contributed by atoms with van der Waals surface area (Å²) >= 11 is 0. The molecule has 3 rings (SSSR count). The van der Waals surface area contributed by atoms with Gasteiger partial charge in [-0.3, -0.25) is 9.59 Å². The number of fused-ring (bicyclic) bond motifs is 1. The standard InChI is InChI=1S/C18H17NO2/c1-12-8-9-15-17(10-12)19(13(2)20)16(11-18(15)21)14-6-4-3-5-7-14/h3-10,16H,11H2,1-2H3. The highest BCUT2D eigenvalue weighted by molar-refractivity contribution is 6.09. The van der Waals surface area contributed by atoms with Crippen molar-refractivity contribution in [3.8, 4) is 0 Å². The number of hydrogen-bond acceptors (Lipinski definition) is 2.